The molecule has 0 aliphatic rings. The quantitative estimate of drug-likeness (QED) is 0.0230. The van der Waals surface area contributed by atoms with Crippen molar-refractivity contribution in [1.82, 2.24) is 0 Å². The van der Waals surface area contributed by atoms with Crippen molar-refractivity contribution in [2.45, 2.75) is 193 Å². The number of aliphatic carboxylic acids is 1. The lowest BCUT2D eigenvalue weighted by molar-refractivity contribution is -0.161. The molecule has 0 amide bonds. The number of unbranched alkanes of at least 4 members (excludes halogenated alkanes) is 15. The summed E-state index contributed by atoms with van der Waals surface area (Å²) in [5, 5.41) is 8.91. The number of phosphoric ester groups is 1. The number of hydrogen-bond acceptors (Lipinski definition) is 9. The summed E-state index contributed by atoms with van der Waals surface area (Å²) in [7, 11) is -4.74. The lowest BCUT2D eigenvalue weighted by Gasteiger charge is -2.20. The van der Waals surface area contributed by atoms with Crippen LogP contribution in [0.4, 0.5) is 0 Å². The van der Waals surface area contributed by atoms with E-state index in [9.17, 15) is 23.8 Å². The molecule has 0 spiro atoms. The summed E-state index contributed by atoms with van der Waals surface area (Å²) in [5.41, 5.74) is 5.34. The van der Waals surface area contributed by atoms with Gasteiger partial charge < -0.3 is 25.2 Å². The van der Waals surface area contributed by atoms with E-state index >= 15 is 0 Å². The van der Waals surface area contributed by atoms with Crippen LogP contribution in [0.25, 0.3) is 0 Å². The Morgan fingerprint density at radius 2 is 0.887 bits per heavy atom. The van der Waals surface area contributed by atoms with Crippen molar-refractivity contribution in [2.75, 3.05) is 19.8 Å². The number of allylic oxidation sites excluding steroid dienone is 14. The van der Waals surface area contributed by atoms with E-state index in [2.05, 4.69) is 91.3 Å². The summed E-state index contributed by atoms with van der Waals surface area (Å²) in [6, 6.07) is -1.54. The molecule has 4 N–H and O–H groups in total. The molecule has 0 aromatic heterocycles. The number of carboxylic acids is 1. The Labute approximate surface area is 375 Å². The fourth-order valence-corrected chi connectivity index (χ4v) is 6.68. The first-order chi connectivity index (χ1) is 30.1. The Hall–Kier alpha value is -3.34. The fourth-order valence-electron chi connectivity index (χ4n) is 5.90. The molecular weight excluding hydrogens is 806 g/mol. The van der Waals surface area contributed by atoms with Gasteiger partial charge in [-0.2, -0.15) is 0 Å². The summed E-state index contributed by atoms with van der Waals surface area (Å²) in [6.07, 6.45) is 55.1. The summed E-state index contributed by atoms with van der Waals surface area (Å²) in [6.45, 7) is 2.67. The van der Waals surface area contributed by atoms with Crippen molar-refractivity contribution in [2.24, 2.45) is 5.73 Å². The first kappa shape index (κ1) is 58.7. The van der Waals surface area contributed by atoms with Gasteiger partial charge in [-0.05, 0) is 83.5 Å². The Bertz CT molecular complexity index is 1370. The molecule has 0 rings (SSSR count). The van der Waals surface area contributed by atoms with E-state index in [-0.39, 0.29) is 12.8 Å². The maximum Gasteiger partial charge on any atom is 0.472 e. The van der Waals surface area contributed by atoms with Crippen LogP contribution in [0.3, 0.4) is 0 Å². The fraction of sp³-hybridized carbons (Fsp3) is 0.660. The van der Waals surface area contributed by atoms with Crippen LogP contribution in [-0.4, -0.2) is 59.9 Å². The maximum atomic E-state index is 12.7. The Morgan fingerprint density at radius 3 is 1.34 bits per heavy atom. The minimum Gasteiger partial charge on any atom is -0.480 e. The molecule has 0 bridgehead atoms. The maximum absolute atomic E-state index is 12.7. The average molecular weight is 890 g/mol. The van der Waals surface area contributed by atoms with Gasteiger partial charge >= 0.3 is 25.7 Å². The molecule has 62 heavy (non-hydrogen) atoms. The second kappa shape index (κ2) is 44.3. The van der Waals surface area contributed by atoms with Gasteiger partial charge in [-0.15, -0.1) is 0 Å². The molecule has 0 radical (unpaired) electrons. The Balaban J connectivity index is 4.44. The van der Waals surface area contributed by atoms with Crippen LogP contribution in [0.1, 0.15) is 181 Å². The molecule has 12 heteroatoms. The minimum atomic E-state index is -4.74. The number of hydrogen-bond donors (Lipinski definition) is 3. The van der Waals surface area contributed by atoms with Crippen molar-refractivity contribution in [3.8, 4) is 0 Å². The predicted octanol–water partition coefficient (Wildman–Crippen LogP) is 13.1. The van der Waals surface area contributed by atoms with E-state index in [1.165, 1.54) is 77.0 Å². The van der Waals surface area contributed by atoms with Gasteiger partial charge in [0.25, 0.3) is 0 Å². The predicted molar refractivity (Wildman–Crippen MR) is 254 cm³/mol. The standard InChI is InChI=1S/C50H84NO10P/c1-3-5-7-9-11-13-15-17-19-21-23-25-27-29-31-33-35-37-39-41-48(52)58-43-46(44-59-62(56,57)60-45-47(51)50(54)55)61-49(53)42-40-38-36-34-32-30-28-26-24-22-20-18-16-14-12-10-8-6-4-2/h11-14,17-20,23,25,29,31,35,37,46-47H,3-10,15-16,21-22,24,26-28,30,32-34,36,38-45,51H2,1-2H3,(H,54,55)(H,56,57)/b13-11+,14-12+,19-17+,20-18+,25-23+,31-29+,37-35+/t46-,47+/m1/s1. The first-order valence-electron chi connectivity index (χ1n) is 23.6. The molecule has 0 aliphatic heterocycles. The van der Waals surface area contributed by atoms with Gasteiger partial charge in [-0.1, -0.05) is 170 Å². The van der Waals surface area contributed by atoms with Gasteiger partial charge in [-0.25, -0.2) is 4.57 Å². The number of esters is 2. The highest BCUT2D eigenvalue weighted by atomic mass is 31.2. The lowest BCUT2D eigenvalue weighted by atomic mass is 10.1. The van der Waals surface area contributed by atoms with E-state index in [1.54, 1.807) is 0 Å². The molecule has 0 fully saturated rings. The van der Waals surface area contributed by atoms with Crippen LogP contribution in [-0.2, 0) is 37.5 Å². The molecule has 0 aliphatic carbocycles. The number of carboxylic acid groups (broad SMARTS) is 1. The largest absolute Gasteiger partial charge is 0.480 e. The van der Waals surface area contributed by atoms with Gasteiger partial charge in [0.2, 0.25) is 0 Å². The second-order valence-electron chi connectivity index (χ2n) is 15.5. The Morgan fingerprint density at radius 1 is 0.500 bits per heavy atom. The number of rotatable bonds is 43. The van der Waals surface area contributed by atoms with Gasteiger partial charge in [0.15, 0.2) is 6.10 Å². The summed E-state index contributed by atoms with van der Waals surface area (Å²) in [5.74, 6) is -2.49. The number of phosphoric acid groups is 1. The van der Waals surface area contributed by atoms with E-state index in [0.717, 1.165) is 64.2 Å². The van der Waals surface area contributed by atoms with Gasteiger partial charge in [0.1, 0.15) is 12.6 Å². The van der Waals surface area contributed by atoms with Crippen molar-refractivity contribution in [3.05, 3.63) is 85.1 Å². The molecule has 0 saturated heterocycles. The molecule has 0 aromatic rings. The van der Waals surface area contributed by atoms with E-state index in [4.69, 9.17) is 24.8 Å². The van der Waals surface area contributed by atoms with Crippen LogP contribution >= 0.6 is 7.82 Å². The highest BCUT2D eigenvalue weighted by Gasteiger charge is 2.28. The number of ether oxygens (including phenoxy) is 2. The van der Waals surface area contributed by atoms with E-state index < -0.39 is 57.7 Å². The molecule has 0 aromatic carbocycles. The van der Waals surface area contributed by atoms with Crippen molar-refractivity contribution < 1.29 is 47.5 Å². The molecule has 0 heterocycles. The molecule has 354 valence electrons. The normalized spacial score (nSPS) is 14.4. The van der Waals surface area contributed by atoms with Crippen LogP contribution in [0.2, 0.25) is 0 Å². The average Bonchev–Trinajstić information content (AvgIpc) is 3.25. The topological polar surface area (TPSA) is 172 Å². The van der Waals surface area contributed by atoms with Gasteiger partial charge in [-0.3, -0.25) is 23.4 Å². The third-order valence-corrected chi connectivity index (χ3v) is 10.6. The summed E-state index contributed by atoms with van der Waals surface area (Å²) >= 11 is 0. The molecule has 0 saturated carbocycles. The zero-order valence-corrected chi connectivity index (χ0v) is 39.3. The molecule has 11 nitrogen and oxygen atoms in total. The zero-order chi connectivity index (χ0) is 45.6. The van der Waals surface area contributed by atoms with Gasteiger partial charge in [0.05, 0.1) is 13.2 Å². The van der Waals surface area contributed by atoms with Gasteiger partial charge in [0, 0.05) is 12.8 Å². The summed E-state index contributed by atoms with van der Waals surface area (Å²) < 4.78 is 32.7. The van der Waals surface area contributed by atoms with Crippen LogP contribution in [0.15, 0.2) is 85.1 Å². The van der Waals surface area contributed by atoms with Crippen molar-refractivity contribution in [1.29, 1.82) is 0 Å². The van der Waals surface area contributed by atoms with E-state index in [1.807, 2.05) is 12.2 Å². The lowest BCUT2D eigenvalue weighted by Crippen LogP contribution is -2.34. The van der Waals surface area contributed by atoms with Crippen LogP contribution in [0, 0.1) is 0 Å². The molecular formula is C50H84NO10P. The van der Waals surface area contributed by atoms with Crippen LogP contribution in [0.5, 0.6) is 0 Å². The number of nitrogens with two attached hydrogens (primary N) is 1. The molecule has 1 unspecified atom stereocenters. The van der Waals surface area contributed by atoms with E-state index in [0.29, 0.717) is 12.8 Å². The molecule has 3 atom stereocenters. The monoisotopic (exact) mass is 890 g/mol. The third-order valence-electron chi connectivity index (χ3n) is 9.63. The van der Waals surface area contributed by atoms with Crippen molar-refractivity contribution >= 4 is 25.7 Å². The highest BCUT2D eigenvalue weighted by molar-refractivity contribution is 7.47. The minimum absolute atomic E-state index is 0.0933. The second-order valence-corrected chi connectivity index (χ2v) is 17.0. The van der Waals surface area contributed by atoms with Crippen molar-refractivity contribution in [3.63, 3.8) is 0 Å². The number of carbonyl (C=O) groups is 3. The first-order valence-corrected chi connectivity index (χ1v) is 25.1. The summed E-state index contributed by atoms with van der Waals surface area (Å²) in [4.78, 5) is 46.0. The Kier molecular flexibility index (Phi) is 41.9. The third kappa shape index (κ3) is 43.3. The SMILES string of the molecule is CCCCC/C=C/C/C=C/C/C=C/C/C=C/C/C=C/CCC(=O)OC[C@H](COP(=O)(O)OC[C@H](N)C(=O)O)OC(=O)CCCCCCCCCCC/C=C/C/C=C/CCCCC. The highest BCUT2D eigenvalue weighted by Crippen LogP contribution is 2.43. The van der Waals surface area contributed by atoms with Crippen LogP contribution < -0.4 is 5.73 Å². The zero-order valence-electron chi connectivity index (χ0n) is 38.4. The smallest absolute Gasteiger partial charge is 0.472 e. The number of carbonyl (C=O) groups excluding carboxylic acids is 2.